The van der Waals surface area contributed by atoms with Gasteiger partial charge in [-0.15, -0.1) is 0 Å². The number of pyridine rings is 1. The molecule has 0 fully saturated rings. The summed E-state index contributed by atoms with van der Waals surface area (Å²) in [4.78, 5) is 29.0. The molecule has 0 aliphatic rings. The third kappa shape index (κ3) is 2.45. The summed E-state index contributed by atoms with van der Waals surface area (Å²) in [5.41, 5.74) is 0.637. The number of carbonyl (C=O) groups excluding carboxylic acids is 2. The van der Waals surface area contributed by atoms with E-state index in [1.165, 1.54) is 13.1 Å². The van der Waals surface area contributed by atoms with E-state index in [2.05, 4.69) is 4.98 Å². The third-order valence-corrected chi connectivity index (χ3v) is 2.42. The molecule has 1 amide bonds. The first kappa shape index (κ1) is 12.4. The van der Waals surface area contributed by atoms with Crippen LogP contribution in [0.1, 0.15) is 41.6 Å². The van der Waals surface area contributed by atoms with Gasteiger partial charge in [-0.25, -0.2) is 0 Å². The van der Waals surface area contributed by atoms with Gasteiger partial charge < -0.3 is 4.90 Å². The van der Waals surface area contributed by atoms with Crippen molar-refractivity contribution >= 4 is 11.7 Å². The second-order valence-electron chi connectivity index (χ2n) is 3.43. The Bertz CT molecular complexity index is 398. The Kier molecular flexibility index (Phi) is 4.17. The molecule has 0 N–H and O–H groups in total. The number of carbonyl (C=O) groups is 2. The summed E-state index contributed by atoms with van der Waals surface area (Å²) in [7, 11) is 0. The van der Waals surface area contributed by atoms with Crippen LogP contribution in [0.25, 0.3) is 0 Å². The second-order valence-corrected chi connectivity index (χ2v) is 3.43. The van der Waals surface area contributed by atoms with E-state index in [0.717, 1.165) is 0 Å². The third-order valence-electron chi connectivity index (χ3n) is 2.42. The maximum Gasteiger partial charge on any atom is 0.256 e. The molecule has 0 spiro atoms. The van der Waals surface area contributed by atoms with E-state index in [4.69, 9.17) is 0 Å². The maximum absolute atomic E-state index is 12.1. The molecule has 0 saturated carbocycles. The lowest BCUT2D eigenvalue weighted by molar-refractivity contribution is 0.0767. The monoisotopic (exact) mass is 220 g/mol. The molecular weight excluding hydrogens is 204 g/mol. The van der Waals surface area contributed by atoms with E-state index in [0.29, 0.717) is 18.7 Å². The van der Waals surface area contributed by atoms with Crippen LogP contribution in [0.4, 0.5) is 0 Å². The fraction of sp³-hybridized carbons (Fsp3) is 0.417. The Morgan fingerprint density at radius 3 is 2.44 bits per heavy atom. The van der Waals surface area contributed by atoms with Crippen molar-refractivity contribution in [1.82, 2.24) is 9.88 Å². The van der Waals surface area contributed by atoms with Crippen molar-refractivity contribution in [3.8, 4) is 0 Å². The van der Waals surface area contributed by atoms with Crippen LogP contribution in [0.3, 0.4) is 0 Å². The molecule has 4 nitrogen and oxygen atoms in total. The van der Waals surface area contributed by atoms with Gasteiger partial charge in [-0.3, -0.25) is 14.6 Å². The molecule has 86 valence electrons. The van der Waals surface area contributed by atoms with E-state index >= 15 is 0 Å². The summed E-state index contributed by atoms with van der Waals surface area (Å²) < 4.78 is 0. The smallest absolute Gasteiger partial charge is 0.256 e. The SMILES string of the molecule is CCN(CC)C(=O)c1cccnc1C(C)=O. The average molecular weight is 220 g/mol. The molecule has 0 aliphatic carbocycles. The summed E-state index contributed by atoms with van der Waals surface area (Å²) in [6.45, 7) is 6.49. The molecule has 1 heterocycles. The average Bonchev–Trinajstić information content (AvgIpc) is 2.30. The molecule has 0 bridgehead atoms. The van der Waals surface area contributed by atoms with Crippen LogP contribution >= 0.6 is 0 Å². The minimum atomic E-state index is -0.184. The van der Waals surface area contributed by atoms with E-state index in [-0.39, 0.29) is 17.4 Å². The molecule has 0 unspecified atom stereocenters. The number of Topliss-reactive ketones (excluding diaryl/α,β-unsaturated/α-hetero) is 1. The van der Waals surface area contributed by atoms with Crippen LogP contribution in [-0.2, 0) is 0 Å². The Morgan fingerprint density at radius 2 is 1.94 bits per heavy atom. The first-order valence-corrected chi connectivity index (χ1v) is 5.37. The standard InChI is InChI=1S/C12H16N2O2/c1-4-14(5-2)12(16)10-7-6-8-13-11(10)9(3)15/h6-8H,4-5H2,1-3H3. The predicted octanol–water partition coefficient (Wildman–Crippen LogP) is 1.77. The van der Waals surface area contributed by atoms with Gasteiger partial charge >= 0.3 is 0 Å². The number of ketones is 1. The lowest BCUT2D eigenvalue weighted by Crippen LogP contribution is -2.31. The first-order chi connectivity index (χ1) is 7.61. The fourth-order valence-electron chi connectivity index (χ4n) is 1.54. The molecule has 4 heteroatoms. The summed E-state index contributed by atoms with van der Waals surface area (Å²) in [5.74, 6) is -0.320. The lowest BCUT2D eigenvalue weighted by atomic mass is 10.1. The Morgan fingerprint density at radius 1 is 1.31 bits per heavy atom. The molecular formula is C12H16N2O2. The highest BCUT2D eigenvalue weighted by Gasteiger charge is 2.18. The topological polar surface area (TPSA) is 50.3 Å². The zero-order valence-electron chi connectivity index (χ0n) is 9.86. The quantitative estimate of drug-likeness (QED) is 0.726. The van der Waals surface area contributed by atoms with Crippen molar-refractivity contribution in [2.24, 2.45) is 0 Å². The van der Waals surface area contributed by atoms with Gasteiger partial charge in [0.2, 0.25) is 0 Å². The molecule has 1 aromatic heterocycles. The zero-order chi connectivity index (χ0) is 12.1. The minimum absolute atomic E-state index is 0.136. The molecule has 16 heavy (non-hydrogen) atoms. The Labute approximate surface area is 95.3 Å². The molecule has 0 aromatic carbocycles. The number of hydrogen-bond acceptors (Lipinski definition) is 3. The number of rotatable bonds is 4. The number of nitrogens with zero attached hydrogens (tertiary/aromatic N) is 2. The van der Waals surface area contributed by atoms with Crippen LogP contribution in [0.2, 0.25) is 0 Å². The summed E-state index contributed by atoms with van der Waals surface area (Å²) in [6.07, 6.45) is 1.52. The highest BCUT2D eigenvalue weighted by atomic mass is 16.2. The van der Waals surface area contributed by atoms with E-state index in [1.54, 1.807) is 17.0 Å². The number of hydrogen-bond donors (Lipinski definition) is 0. The Hall–Kier alpha value is -1.71. The minimum Gasteiger partial charge on any atom is -0.339 e. The zero-order valence-corrected chi connectivity index (χ0v) is 9.86. The molecule has 0 aliphatic heterocycles. The van der Waals surface area contributed by atoms with Crippen molar-refractivity contribution in [3.05, 3.63) is 29.6 Å². The van der Waals surface area contributed by atoms with Crippen molar-refractivity contribution < 1.29 is 9.59 Å². The summed E-state index contributed by atoms with van der Waals surface area (Å²) in [6, 6.07) is 3.31. The van der Waals surface area contributed by atoms with Gasteiger partial charge in [0, 0.05) is 26.2 Å². The number of aromatic nitrogens is 1. The van der Waals surface area contributed by atoms with Crippen molar-refractivity contribution in [1.29, 1.82) is 0 Å². The highest BCUT2D eigenvalue weighted by Crippen LogP contribution is 2.09. The second kappa shape index (κ2) is 5.39. The molecule has 1 aromatic rings. The predicted molar refractivity (Wildman–Crippen MR) is 61.5 cm³/mol. The maximum atomic E-state index is 12.1. The van der Waals surface area contributed by atoms with Crippen LogP contribution in [-0.4, -0.2) is 34.7 Å². The van der Waals surface area contributed by atoms with E-state index in [1.807, 2.05) is 13.8 Å². The molecule has 0 saturated heterocycles. The van der Waals surface area contributed by atoms with Gasteiger partial charge in [-0.2, -0.15) is 0 Å². The van der Waals surface area contributed by atoms with E-state index < -0.39 is 0 Å². The van der Waals surface area contributed by atoms with Gasteiger partial charge in [-0.05, 0) is 26.0 Å². The summed E-state index contributed by atoms with van der Waals surface area (Å²) in [5, 5.41) is 0. The molecule has 1 rings (SSSR count). The van der Waals surface area contributed by atoms with Gasteiger partial charge in [0.1, 0.15) is 5.69 Å². The summed E-state index contributed by atoms with van der Waals surface area (Å²) >= 11 is 0. The fourth-order valence-corrected chi connectivity index (χ4v) is 1.54. The highest BCUT2D eigenvalue weighted by molar-refractivity contribution is 6.05. The largest absolute Gasteiger partial charge is 0.339 e. The van der Waals surface area contributed by atoms with Crippen molar-refractivity contribution in [2.75, 3.05) is 13.1 Å². The van der Waals surface area contributed by atoms with Crippen LogP contribution in [0.5, 0.6) is 0 Å². The van der Waals surface area contributed by atoms with Crippen molar-refractivity contribution in [3.63, 3.8) is 0 Å². The van der Waals surface area contributed by atoms with Gasteiger partial charge in [0.15, 0.2) is 5.78 Å². The first-order valence-electron chi connectivity index (χ1n) is 5.37. The van der Waals surface area contributed by atoms with Gasteiger partial charge in [0.05, 0.1) is 5.56 Å². The van der Waals surface area contributed by atoms with Crippen LogP contribution in [0.15, 0.2) is 18.3 Å². The Balaban J connectivity index is 3.12. The molecule has 0 atom stereocenters. The van der Waals surface area contributed by atoms with Crippen molar-refractivity contribution in [2.45, 2.75) is 20.8 Å². The van der Waals surface area contributed by atoms with Crippen LogP contribution in [0, 0.1) is 0 Å². The normalized spacial score (nSPS) is 9.94. The van der Waals surface area contributed by atoms with Gasteiger partial charge in [-0.1, -0.05) is 0 Å². The van der Waals surface area contributed by atoms with E-state index in [9.17, 15) is 9.59 Å². The lowest BCUT2D eigenvalue weighted by Gasteiger charge is -2.19. The molecule has 0 radical (unpaired) electrons. The van der Waals surface area contributed by atoms with Crippen LogP contribution < -0.4 is 0 Å². The number of amides is 1. The van der Waals surface area contributed by atoms with Gasteiger partial charge in [0.25, 0.3) is 5.91 Å².